The molecular formula is C12H13F2NO3. The summed E-state index contributed by atoms with van der Waals surface area (Å²) >= 11 is 0. The number of carboxylic acids is 1. The van der Waals surface area contributed by atoms with E-state index in [-0.39, 0.29) is 31.4 Å². The summed E-state index contributed by atoms with van der Waals surface area (Å²) in [6, 6.07) is 3.55. The van der Waals surface area contributed by atoms with Crippen LogP contribution in [0.5, 0.6) is 0 Å². The maximum absolute atomic E-state index is 13.2. The number of carbonyl (C=O) groups is 2. The Hall–Kier alpha value is -1.98. The Bertz CT molecular complexity index is 429. The molecule has 2 N–H and O–H groups in total. The van der Waals surface area contributed by atoms with Crippen LogP contribution in [0.15, 0.2) is 18.2 Å². The van der Waals surface area contributed by atoms with Gasteiger partial charge in [-0.2, -0.15) is 0 Å². The zero-order chi connectivity index (χ0) is 13.5. The first-order valence-corrected chi connectivity index (χ1v) is 5.42. The summed E-state index contributed by atoms with van der Waals surface area (Å²) in [7, 11) is 0. The van der Waals surface area contributed by atoms with Gasteiger partial charge in [-0.05, 0) is 18.6 Å². The maximum atomic E-state index is 13.2. The van der Waals surface area contributed by atoms with Crippen molar-refractivity contribution >= 4 is 11.9 Å². The Labute approximate surface area is 103 Å². The lowest BCUT2D eigenvalue weighted by Crippen LogP contribution is -2.26. The number of amides is 1. The van der Waals surface area contributed by atoms with Gasteiger partial charge in [0.25, 0.3) is 0 Å². The monoisotopic (exact) mass is 257 g/mol. The van der Waals surface area contributed by atoms with E-state index in [0.717, 1.165) is 12.1 Å². The van der Waals surface area contributed by atoms with Crippen LogP contribution in [0.4, 0.5) is 8.78 Å². The Balaban J connectivity index is 2.38. The van der Waals surface area contributed by atoms with Gasteiger partial charge in [-0.3, -0.25) is 9.59 Å². The van der Waals surface area contributed by atoms with E-state index in [2.05, 4.69) is 5.32 Å². The molecule has 1 aromatic carbocycles. The summed E-state index contributed by atoms with van der Waals surface area (Å²) in [5.41, 5.74) is -0.0870. The molecule has 1 amide bonds. The van der Waals surface area contributed by atoms with Gasteiger partial charge in [0.05, 0.1) is 6.42 Å². The number of benzene rings is 1. The minimum atomic E-state index is -1.06. The fourth-order valence-corrected chi connectivity index (χ4v) is 1.41. The highest BCUT2D eigenvalue weighted by Gasteiger charge is 2.09. The molecule has 0 saturated carbocycles. The molecule has 0 bridgehead atoms. The van der Waals surface area contributed by atoms with Gasteiger partial charge >= 0.3 is 5.97 Å². The molecule has 0 aliphatic heterocycles. The first-order chi connectivity index (χ1) is 8.50. The summed E-state index contributed by atoms with van der Waals surface area (Å²) in [6.45, 7) is 0.0658. The standard InChI is InChI=1S/C12H13F2NO3/c13-9-2-1-3-10(14)8(9)6-7-15-11(16)4-5-12(17)18/h1-3H,4-7H2,(H,15,16)(H,17,18). The molecule has 1 rings (SSSR count). The van der Waals surface area contributed by atoms with Gasteiger partial charge in [0, 0.05) is 18.5 Å². The quantitative estimate of drug-likeness (QED) is 0.811. The second kappa shape index (κ2) is 6.68. The Kier molecular flexibility index (Phi) is 5.23. The topological polar surface area (TPSA) is 66.4 Å². The molecule has 0 atom stereocenters. The number of halogens is 2. The molecule has 0 heterocycles. The van der Waals surface area contributed by atoms with E-state index >= 15 is 0 Å². The first kappa shape index (κ1) is 14.1. The van der Waals surface area contributed by atoms with Crippen molar-refractivity contribution in [3.63, 3.8) is 0 Å². The van der Waals surface area contributed by atoms with E-state index in [4.69, 9.17) is 5.11 Å². The van der Waals surface area contributed by atoms with Crippen LogP contribution in [-0.2, 0) is 16.0 Å². The number of nitrogens with one attached hydrogen (secondary N) is 1. The second-order valence-electron chi connectivity index (χ2n) is 3.69. The molecule has 0 radical (unpaired) electrons. The van der Waals surface area contributed by atoms with Gasteiger partial charge in [-0.25, -0.2) is 8.78 Å². The molecule has 0 aromatic heterocycles. The van der Waals surface area contributed by atoms with Crippen molar-refractivity contribution in [1.29, 1.82) is 0 Å². The summed E-state index contributed by atoms with van der Waals surface area (Å²) in [6.07, 6.45) is -0.383. The SMILES string of the molecule is O=C(O)CCC(=O)NCCc1c(F)cccc1F. The molecule has 18 heavy (non-hydrogen) atoms. The van der Waals surface area contributed by atoms with Crippen molar-refractivity contribution < 1.29 is 23.5 Å². The molecule has 0 aliphatic rings. The van der Waals surface area contributed by atoms with Gasteiger partial charge in [0.15, 0.2) is 0 Å². The normalized spacial score (nSPS) is 10.1. The number of carbonyl (C=O) groups excluding carboxylic acids is 1. The predicted octanol–water partition coefficient (Wildman–Crippen LogP) is 1.49. The highest BCUT2D eigenvalue weighted by Crippen LogP contribution is 2.11. The van der Waals surface area contributed by atoms with Crippen molar-refractivity contribution in [3.05, 3.63) is 35.4 Å². The fourth-order valence-electron chi connectivity index (χ4n) is 1.41. The third kappa shape index (κ3) is 4.48. The third-order valence-electron chi connectivity index (χ3n) is 2.32. The van der Waals surface area contributed by atoms with E-state index in [1.807, 2.05) is 0 Å². The molecule has 0 aliphatic carbocycles. The minimum Gasteiger partial charge on any atom is -0.481 e. The molecule has 4 nitrogen and oxygen atoms in total. The smallest absolute Gasteiger partial charge is 0.303 e. The van der Waals surface area contributed by atoms with Crippen LogP contribution >= 0.6 is 0 Å². The van der Waals surface area contributed by atoms with Crippen LogP contribution in [0, 0.1) is 11.6 Å². The highest BCUT2D eigenvalue weighted by atomic mass is 19.1. The van der Waals surface area contributed by atoms with Crippen LogP contribution < -0.4 is 5.32 Å². The molecule has 0 unspecified atom stereocenters. The van der Waals surface area contributed by atoms with Crippen LogP contribution in [0.1, 0.15) is 18.4 Å². The summed E-state index contributed by atoms with van der Waals surface area (Å²) in [4.78, 5) is 21.4. The number of hydrogen-bond acceptors (Lipinski definition) is 2. The molecule has 1 aromatic rings. The number of rotatable bonds is 6. The zero-order valence-corrected chi connectivity index (χ0v) is 9.58. The number of carboxylic acid groups (broad SMARTS) is 1. The van der Waals surface area contributed by atoms with Gasteiger partial charge in [-0.15, -0.1) is 0 Å². The Morgan fingerprint density at radius 3 is 2.33 bits per heavy atom. The van der Waals surface area contributed by atoms with E-state index in [1.165, 1.54) is 6.07 Å². The lowest BCUT2D eigenvalue weighted by molar-refractivity contribution is -0.138. The molecule has 98 valence electrons. The fraction of sp³-hybridized carbons (Fsp3) is 0.333. The van der Waals surface area contributed by atoms with E-state index < -0.39 is 23.5 Å². The van der Waals surface area contributed by atoms with Crippen molar-refractivity contribution in [1.82, 2.24) is 5.32 Å². The van der Waals surface area contributed by atoms with Gasteiger partial charge < -0.3 is 10.4 Å². The average Bonchev–Trinajstić information content (AvgIpc) is 2.30. The predicted molar refractivity (Wildman–Crippen MR) is 59.9 cm³/mol. The van der Waals surface area contributed by atoms with Crippen LogP contribution in [-0.4, -0.2) is 23.5 Å². The van der Waals surface area contributed by atoms with Crippen molar-refractivity contribution in [3.8, 4) is 0 Å². The highest BCUT2D eigenvalue weighted by molar-refractivity contribution is 5.80. The number of hydrogen-bond donors (Lipinski definition) is 2. The van der Waals surface area contributed by atoms with Crippen LogP contribution in [0.2, 0.25) is 0 Å². The Morgan fingerprint density at radius 1 is 1.17 bits per heavy atom. The molecule has 0 fully saturated rings. The minimum absolute atomic E-state index is 0.0251. The van der Waals surface area contributed by atoms with Crippen molar-refractivity contribution in [2.45, 2.75) is 19.3 Å². The molecule has 6 heteroatoms. The Morgan fingerprint density at radius 2 is 1.78 bits per heavy atom. The number of aliphatic carboxylic acids is 1. The maximum Gasteiger partial charge on any atom is 0.303 e. The lowest BCUT2D eigenvalue weighted by Gasteiger charge is -2.06. The van der Waals surface area contributed by atoms with E-state index in [1.54, 1.807) is 0 Å². The summed E-state index contributed by atoms with van der Waals surface area (Å²) in [5.74, 6) is -2.83. The van der Waals surface area contributed by atoms with Crippen molar-refractivity contribution in [2.24, 2.45) is 0 Å². The zero-order valence-electron chi connectivity index (χ0n) is 9.58. The van der Waals surface area contributed by atoms with E-state index in [0.29, 0.717) is 0 Å². The van der Waals surface area contributed by atoms with Crippen LogP contribution in [0.25, 0.3) is 0 Å². The molecule has 0 saturated heterocycles. The largest absolute Gasteiger partial charge is 0.481 e. The van der Waals surface area contributed by atoms with Crippen LogP contribution in [0.3, 0.4) is 0 Å². The van der Waals surface area contributed by atoms with Gasteiger partial charge in [0.2, 0.25) is 5.91 Å². The third-order valence-corrected chi connectivity index (χ3v) is 2.32. The summed E-state index contributed by atoms with van der Waals surface area (Å²) in [5, 5.41) is 10.8. The first-order valence-electron chi connectivity index (χ1n) is 5.42. The van der Waals surface area contributed by atoms with E-state index in [9.17, 15) is 18.4 Å². The second-order valence-corrected chi connectivity index (χ2v) is 3.69. The average molecular weight is 257 g/mol. The van der Waals surface area contributed by atoms with Crippen molar-refractivity contribution in [2.75, 3.05) is 6.54 Å². The van der Waals surface area contributed by atoms with Gasteiger partial charge in [-0.1, -0.05) is 6.07 Å². The molecule has 0 spiro atoms. The summed E-state index contributed by atoms with van der Waals surface area (Å²) < 4.78 is 26.4. The van der Waals surface area contributed by atoms with Gasteiger partial charge in [0.1, 0.15) is 11.6 Å². The molecular weight excluding hydrogens is 244 g/mol. The lowest BCUT2D eigenvalue weighted by atomic mass is 10.1.